The monoisotopic (exact) mass is 396 g/mol. The summed E-state index contributed by atoms with van der Waals surface area (Å²) in [5.74, 6) is 0. The predicted octanol–water partition coefficient (Wildman–Crippen LogP) is 8.68. The zero-order valence-electron chi connectivity index (χ0n) is 19.0. The summed E-state index contributed by atoms with van der Waals surface area (Å²) < 4.78 is 0. The van der Waals surface area contributed by atoms with E-state index in [1.807, 2.05) is 54.6 Å². The highest BCUT2D eigenvalue weighted by molar-refractivity contribution is 5.28. The molecule has 0 aliphatic heterocycles. The van der Waals surface area contributed by atoms with E-state index in [-0.39, 0.29) is 0 Å². The molecule has 0 nitrogen and oxygen atoms in total. The third kappa shape index (κ3) is 13.1. The number of aryl methyl sites for hydroxylation is 2. The molecular formula is C30H36. The Bertz CT molecular complexity index is 821. The van der Waals surface area contributed by atoms with Crippen LogP contribution in [0.15, 0.2) is 121 Å². The molecule has 0 N–H and O–H groups in total. The van der Waals surface area contributed by atoms with E-state index < -0.39 is 0 Å². The number of rotatable bonds is 2. The summed E-state index contributed by atoms with van der Waals surface area (Å²) in [7, 11) is 0. The van der Waals surface area contributed by atoms with Gasteiger partial charge in [-0.25, -0.2) is 0 Å². The highest BCUT2D eigenvalue weighted by Crippen LogP contribution is 2.09. The molecule has 0 unspecified atom stereocenters. The van der Waals surface area contributed by atoms with Gasteiger partial charge in [-0.3, -0.25) is 0 Å². The molecular weight excluding hydrogens is 360 g/mol. The molecule has 30 heavy (non-hydrogen) atoms. The molecule has 0 aliphatic carbocycles. The fourth-order valence-electron chi connectivity index (χ4n) is 2.46. The van der Waals surface area contributed by atoms with Crippen LogP contribution in [0.1, 0.15) is 42.5 Å². The minimum absolute atomic E-state index is 1.03. The molecule has 0 aromatic heterocycles. The first-order valence-electron chi connectivity index (χ1n) is 10.8. The smallest absolute Gasteiger partial charge is 0.00258 e. The Morgan fingerprint density at radius 3 is 1.07 bits per heavy atom. The lowest BCUT2D eigenvalue weighted by Gasteiger charge is -2.01. The zero-order chi connectivity index (χ0) is 21.9. The largest absolute Gasteiger partial charge is 0.0656 e. The van der Waals surface area contributed by atoms with Gasteiger partial charge in [-0.2, -0.15) is 0 Å². The Morgan fingerprint density at radius 2 is 0.700 bits per heavy atom. The second-order valence-electron chi connectivity index (χ2n) is 7.16. The van der Waals surface area contributed by atoms with Crippen molar-refractivity contribution in [3.05, 3.63) is 144 Å². The van der Waals surface area contributed by atoms with Gasteiger partial charge in [0.25, 0.3) is 0 Å². The first-order valence-corrected chi connectivity index (χ1v) is 10.8. The van der Waals surface area contributed by atoms with Crippen LogP contribution in [-0.4, -0.2) is 0 Å². The summed E-state index contributed by atoms with van der Waals surface area (Å²) in [6, 6.07) is 41.5. The normalized spacial score (nSPS) is 8.93. The summed E-state index contributed by atoms with van der Waals surface area (Å²) in [4.78, 5) is 0. The first kappa shape index (κ1) is 24.9. The van der Waals surface area contributed by atoms with Crippen LogP contribution in [0, 0.1) is 13.8 Å². The van der Waals surface area contributed by atoms with Crippen LogP contribution < -0.4 is 0 Å². The van der Waals surface area contributed by atoms with Crippen molar-refractivity contribution in [2.45, 2.75) is 40.5 Å². The molecule has 4 aromatic rings. The van der Waals surface area contributed by atoms with E-state index in [1.54, 1.807) is 0 Å². The summed E-state index contributed by atoms with van der Waals surface area (Å²) in [5.41, 5.74) is 5.39. The number of benzene rings is 4. The molecule has 0 amide bonds. The lowest BCUT2D eigenvalue weighted by molar-refractivity contribution is 1.09. The fourth-order valence-corrected chi connectivity index (χ4v) is 2.46. The van der Waals surface area contributed by atoms with E-state index in [0.29, 0.717) is 0 Å². The molecule has 0 atom stereocenters. The summed E-state index contributed by atoms with van der Waals surface area (Å²) >= 11 is 0. The van der Waals surface area contributed by atoms with Crippen LogP contribution in [0.5, 0.6) is 0 Å². The minimum atomic E-state index is 1.03. The van der Waals surface area contributed by atoms with Gasteiger partial charge in [0.05, 0.1) is 0 Å². The first-order chi connectivity index (χ1) is 14.7. The van der Waals surface area contributed by atoms with E-state index >= 15 is 0 Å². The van der Waals surface area contributed by atoms with Crippen LogP contribution in [-0.2, 0) is 6.42 Å². The topological polar surface area (TPSA) is 0 Å². The molecule has 0 saturated carbocycles. The maximum absolute atomic E-state index is 2.20. The molecule has 0 bridgehead atoms. The second-order valence-corrected chi connectivity index (χ2v) is 7.16. The second kappa shape index (κ2) is 16.8. The molecule has 4 aromatic carbocycles. The molecule has 0 heteroatoms. The van der Waals surface area contributed by atoms with Gasteiger partial charge in [0, 0.05) is 0 Å². The fraction of sp³-hybridized carbons (Fsp3) is 0.200. The van der Waals surface area contributed by atoms with Gasteiger partial charge >= 0.3 is 0 Å². The molecule has 4 rings (SSSR count). The van der Waals surface area contributed by atoms with Gasteiger partial charge in [0.2, 0.25) is 0 Å². The Labute approximate surface area is 184 Å². The predicted molar refractivity (Wildman–Crippen MR) is 134 cm³/mol. The van der Waals surface area contributed by atoms with Gasteiger partial charge in [0.1, 0.15) is 0 Å². The van der Waals surface area contributed by atoms with E-state index in [4.69, 9.17) is 0 Å². The summed E-state index contributed by atoms with van der Waals surface area (Å²) in [5, 5.41) is 0. The number of hydrogen-bond donors (Lipinski definition) is 0. The number of hydrogen-bond acceptors (Lipinski definition) is 0. The van der Waals surface area contributed by atoms with Gasteiger partial charge < -0.3 is 0 Å². The van der Waals surface area contributed by atoms with Crippen molar-refractivity contribution in [3.63, 3.8) is 0 Å². The zero-order valence-corrected chi connectivity index (χ0v) is 19.0. The van der Waals surface area contributed by atoms with Crippen LogP contribution in [0.4, 0.5) is 0 Å². The van der Waals surface area contributed by atoms with Crippen molar-refractivity contribution >= 4 is 0 Å². The van der Waals surface area contributed by atoms with E-state index in [2.05, 4.69) is 94.4 Å². The van der Waals surface area contributed by atoms with Gasteiger partial charge in [0.15, 0.2) is 0 Å². The average Bonchev–Trinajstić information content (AvgIpc) is 2.79. The molecule has 156 valence electrons. The van der Waals surface area contributed by atoms with Gasteiger partial charge in [-0.05, 0) is 31.4 Å². The van der Waals surface area contributed by atoms with Crippen molar-refractivity contribution in [2.24, 2.45) is 0 Å². The Kier molecular flexibility index (Phi) is 14.0. The van der Waals surface area contributed by atoms with Crippen molar-refractivity contribution in [2.75, 3.05) is 0 Å². The minimum Gasteiger partial charge on any atom is -0.0656 e. The molecule has 0 aliphatic rings. The van der Waals surface area contributed by atoms with Crippen molar-refractivity contribution in [1.29, 1.82) is 0 Å². The highest BCUT2D eigenvalue weighted by Gasteiger charge is 1.94. The van der Waals surface area contributed by atoms with Crippen molar-refractivity contribution in [1.82, 2.24) is 0 Å². The van der Waals surface area contributed by atoms with Gasteiger partial charge in [-0.1, -0.05) is 153 Å². The molecule has 0 spiro atoms. The van der Waals surface area contributed by atoms with Crippen molar-refractivity contribution in [3.8, 4) is 0 Å². The maximum atomic E-state index is 2.20. The van der Waals surface area contributed by atoms with E-state index in [1.165, 1.54) is 28.7 Å². The SMILES string of the molecule is CCC.Cc1ccc(Cc2ccccc2)cc1.Cc1ccccc1.c1ccccc1. The molecule has 0 saturated heterocycles. The highest BCUT2D eigenvalue weighted by atomic mass is 14.0. The summed E-state index contributed by atoms with van der Waals surface area (Å²) in [6.45, 7) is 8.45. The third-order valence-electron chi connectivity index (χ3n) is 3.98. The summed E-state index contributed by atoms with van der Waals surface area (Å²) in [6.07, 6.45) is 2.28. The Hall–Kier alpha value is -3.12. The van der Waals surface area contributed by atoms with Crippen LogP contribution >= 0.6 is 0 Å². The average molecular weight is 397 g/mol. The molecule has 0 fully saturated rings. The third-order valence-corrected chi connectivity index (χ3v) is 3.98. The maximum Gasteiger partial charge on any atom is -0.00258 e. The van der Waals surface area contributed by atoms with Crippen LogP contribution in [0.3, 0.4) is 0 Å². The Balaban J connectivity index is 0.000000235. The van der Waals surface area contributed by atoms with E-state index in [0.717, 1.165) is 6.42 Å². The Morgan fingerprint density at radius 1 is 0.400 bits per heavy atom. The lowest BCUT2D eigenvalue weighted by Crippen LogP contribution is -1.86. The lowest BCUT2D eigenvalue weighted by atomic mass is 10.0. The molecule has 0 heterocycles. The quantitative estimate of drug-likeness (QED) is 0.318. The standard InChI is InChI=1S/C14H14.C7H8.C6H6.C3H8/c1-12-7-9-14(10-8-12)11-13-5-3-2-4-6-13;1-7-5-3-2-4-6-7;1-2-4-6-5-3-1;1-3-2/h2-10H,11H2,1H3;2-6H,1H3;1-6H;3H2,1-2H3. The van der Waals surface area contributed by atoms with Gasteiger partial charge in [-0.15, -0.1) is 0 Å². The van der Waals surface area contributed by atoms with Crippen LogP contribution in [0.25, 0.3) is 0 Å². The van der Waals surface area contributed by atoms with E-state index in [9.17, 15) is 0 Å². The van der Waals surface area contributed by atoms with Crippen LogP contribution in [0.2, 0.25) is 0 Å². The molecule has 0 radical (unpaired) electrons. The van der Waals surface area contributed by atoms with Crippen molar-refractivity contribution < 1.29 is 0 Å².